The highest BCUT2D eigenvalue weighted by Crippen LogP contribution is 2.35. The largest absolute Gasteiger partial charge is 0.353 e. The fraction of sp³-hybridized carbons (Fsp3) is 0.438. The molecule has 0 aromatic heterocycles. The summed E-state index contributed by atoms with van der Waals surface area (Å²) in [7, 11) is 0. The SMILES string of the molecule is NCC(=CF)COC1Cc2ccccc2C(=O)N1C1CC1. The molecule has 2 aliphatic rings. The number of hydrogen-bond donors (Lipinski definition) is 1. The van der Waals surface area contributed by atoms with Gasteiger partial charge in [-0.15, -0.1) is 0 Å². The van der Waals surface area contributed by atoms with E-state index in [0.29, 0.717) is 18.3 Å². The molecule has 1 saturated carbocycles. The normalized spacial score (nSPS) is 22.4. The van der Waals surface area contributed by atoms with Crippen molar-refractivity contribution in [1.29, 1.82) is 0 Å². The molecule has 112 valence electrons. The van der Waals surface area contributed by atoms with E-state index in [1.165, 1.54) is 0 Å². The first-order valence-electron chi connectivity index (χ1n) is 7.25. The molecule has 0 radical (unpaired) electrons. The van der Waals surface area contributed by atoms with Gasteiger partial charge in [0.15, 0.2) is 0 Å². The second-order valence-electron chi connectivity index (χ2n) is 5.54. The number of nitrogens with zero attached hydrogens (tertiary/aromatic N) is 1. The Bertz CT molecular complexity index is 569. The van der Waals surface area contributed by atoms with Crippen molar-refractivity contribution in [3.05, 3.63) is 47.3 Å². The number of benzene rings is 1. The molecule has 1 unspecified atom stereocenters. The number of nitrogens with two attached hydrogens (primary N) is 1. The highest BCUT2D eigenvalue weighted by atomic mass is 19.1. The molecule has 0 spiro atoms. The molecule has 0 bridgehead atoms. The van der Waals surface area contributed by atoms with Crippen LogP contribution in [-0.2, 0) is 11.2 Å². The highest BCUT2D eigenvalue weighted by molar-refractivity contribution is 5.97. The van der Waals surface area contributed by atoms with Gasteiger partial charge in [0.25, 0.3) is 5.91 Å². The topological polar surface area (TPSA) is 55.6 Å². The molecule has 1 amide bonds. The van der Waals surface area contributed by atoms with E-state index in [1.807, 2.05) is 29.2 Å². The summed E-state index contributed by atoms with van der Waals surface area (Å²) in [6.45, 7) is 0.244. The molecule has 3 rings (SSSR count). The summed E-state index contributed by atoms with van der Waals surface area (Å²) >= 11 is 0. The van der Waals surface area contributed by atoms with Crippen LogP contribution in [0.2, 0.25) is 0 Å². The van der Waals surface area contributed by atoms with E-state index < -0.39 is 0 Å². The molecule has 1 heterocycles. The standard InChI is InChI=1S/C16H19FN2O2/c17-8-11(9-18)10-21-15-7-12-3-1-2-4-14(12)16(20)19(15)13-5-6-13/h1-4,8,13,15H,5-7,9-10,18H2. The maximum atomic E-state index is 12.6. The summed E-state index contributed by atoms with van der Waals surface area (Å²) in [4.78, 5) is 14.4. The third kappa shape index (κ3) is 2.84. The van der Waals surface area contributed by atoms with Crippen molar-refractivity contribution in [3.63, 3.8) is 0 Å². The van der Waals surface area contributed by atoms with Crippen LogP contribution in [0, 0.1) is 0 Å². The minimum absolute atomic E-state index is 0.0166. The number of hydrogen-bond acceptors (Lipinski definition) is 3. The minimum Gasteiger partial charge on any atom is -0.353 e. The number of carbonyl (C=O) groups is 1. The molecular weight excluding hydrogens is 271 g/mol. The van der Waals surface area contributed by atoms with Crippen LogP contribution < -0.4 is 5.73 Å². The number of rotatable bonds is 5. The van der Waals surface area contributed by atoms with Gasteiger partial charge < -0.3 is 15.4 Å². The first kappa shape index (κ1) is 14.2. The Balaban J connectivity index is 1.80. The third-order valence-corrected chi connectivity index (χ3v) is 4.00. The van der Waals surface area contributed by atoms with Crippen LogP contribution in [0.1, 0.15) is 28.8 Å². The summed E-state index contributed by atoms with van der Waals surface area (Å²) in [5, 5.41) is 0. The van der Waals surface area contributed by atoms with Crippen molar-refractivity contribution in [3.8, 4) is 0 Å². The van der Waals surface area contributed by atoms with E-state index >= 15 is 0 Å². The molecule has 1 aliphatic carbocycles. The number of ether oxygens (including phenoxy) is 1. The maximum Gasteiger partial charge on any atom is 0.256 e. The van der Waals surface area contributed by atoms with Gasteiger partial charge >= 0.3 is 0 Å². The van der Waals surface area contributed by atoms with E-state index in [9.17, 15) is 9.18 Å². The van der Waals surface area contributed by atoms with Crippen molar-refractivity contribution in [2.45, 2.75) is 31.5 Å². The Morgan fingerprint density at radius 1 is 1.43 bits per heavy atom. The van der Waals surface area contributed by atoms with Crippen molar-refractivity contribution >= 4 is 5.91 Å². The van der Waals surface area contributed by atoms with Crippen LogP contribution in [0.4, 0.5) is 4.39 Å². The van der Waals surface area contributed by atoms with E-state index in [-0.39, 0.29) is 31.3 Å². The second-order valence-corrected chi connectivity index (χ2v) is 5.54. The van der Waals surface area contributed by atoms with Gasteiger partial charge in [0, 0.05) is 24.6 Å². The van der Waals surface area contributed by atoms with Gasteiger partial charge in [-0.1, -0.05) is 18.2 Å². The summed E-state index contributed by atoms with van der Waals surface area (Å²) in [6, 6.07) is 7.86. The fourth-order valence-corrected chi connectivity index (χ4v) is 2.69. The van der Waals surface area contributed by atoms with Crippen molar-refractivity contribution in [2.24, 2.45) is 5.73 Å². The van der Waals surface area contributed by atoms with Crippen LogP contribution in [0.5, 0.6) is 0 Å². The zero-order valence-electron chi connectivity index (χ0n) is 11.8. The van der Waals surface area contributed by atoms with Crippen LogP contribution in [0.15, 0.2) is 36.2 Å². The van der Waals surface area contributed by atoms with Crippen LogP contribution >= 0.6 is 0 Å². The number of halogens is 1. The Hall–Kier alpha value is -1.72. The summed E-state index contributed by atoms with van der Waals surface area (Å²) in [6.07, 6.45) is 2.82. The van der Waals surface area contributed by atoms with Gasteiger partial charge in [0.1, 0.15) is 6.23 Å². The van der Waals surface area contributed by atoms with Crippen molar-refractivity contribution in [1.82, 2.24) is 4.90 Å². The first-order valence-corrected chi connectivity index (χ1v) is 7.25. The Morgan fingerprint density at radius 2 is 2.19 bits per heavy atom. The molecule has 1 aromatic rings. The van der Waals surface area contributed by atoms with E-state index in [0.717, 1.165) is 24.0 Å². The Labute approximate surface area is 123 Å². The van der Waals surface area contributed by atoms with E-state index in [4.69, 9.17) is 10.5 Å². The average molecular weight is 290 g/mol. The Kier molecular flexibility index (Phi) is 4.03. The van der Waals surface area contributed by atoms with Crippen LogP contribution in [-0.4, -0.2) is 36.2 Å². The van der Waals surface area contributed by atoms with Crippen molar-refractivity contribution in [2.75, 3.05) is 13.2 Å². The lowest BCUT2D eigenvalue weighted by Crippen LogP contribution is -2.48. The van der Waals surface area contributed by atoms with E-state index in [1.54, 1.807) is 0 Å². The molecule has 4 nitrogen and oxygen atoms in total. The quantitative estimate of drug-likeness (QED) is 0.902. The number of fused-ring (bicyclic) bond motifs is 1. The molecule has 0 saturated heterocycles. The summed E-state index contributed by atoms with van der Waals surface area (Å²) < 4.78 is 18.4. The van der Waals surface area contributed by atoms with Gasteiger partial charge in [-0.3, -0.25) is 4.79 Å². The lowest BCUT2D eigenvalue weighted by Gasteiger charge is -2.36. The molecule has 1 aromatic carbocycles. The number of amides is 1. The van der Waals surface area contributed by atoms with Crippen LogP contribution in [0.3, 0.4) is 0 Å². The molecule has 2 N–H and O–H groups in total. The molecule has 5 heteroatoms. The second kappa shape index (κ2) is 5.95. The monoisotopic (exact) mass is 290 g/mol. The van der Waals surface area contributed by atoms with Crippen LogP contribution in [0.25, 0.3) is 0 Å². The van der Waals surface area contributed by atoms with Crippen molar-refractivity contribution < 1.29 is 13.9 Å². The third-order valence-electron chi connectivity index (χ3n) is 4.00. The predicted molar refractivity (Wildman–Crippen MR) is 77.3 cm³/mol. The first-order chi connectivity index (χ1) is 10.2. The predicted octanol–water partition coefficient (Wildman–Crippen LogP) is 2.00. The van der Waals surface area contributed by atoms with Gasteiger partial charge in [0.05, 0.1) is 12.9 Å². The van der Waals surface area contributed by atoms with Gasteiger partial charge in [-0.05, 0) is 30.0 Å². The highest BCUT2D eigenvalue weighted by Gasteiger charge is 2.41. The summed E-state index contributed by atoms with van der Waals surface area (Å²) in [5.41, 5.74) is 7.58. The zero-order valence-corrected chi connectivity index (χ0v) is 11.8. The lowest BCUT2D eigenvalue weighted by atomic mass is 9.97. The fourth-order valence-electron chi connectivity index (χ4n) is 2.69. The van der Waals surface area contributed by atoms with Gasteiger partial charge in [-0.25, -0.2) is 4.39 Å². The number of carbonyl (C=O) groups excluding carboxylic acids is 1. The van der Waals surface area contributed by atoms with E-state index in [2.05, 4.69) is 0 Å². The molecule has 1 atom stereocenters. The zero-order chi connectivity index (χ0) is 14.8. The van der Waals surface area contributed by atoms with Gasteiger partial charge in [-0.2, -0.15) is 0 Å². The minimum atomic E-state index is -0.332. The molecule has 1 aliphatic heterocycles. The maximum absolute atomic E-state index is 12.6. The molecule has 21 heavy (non-hydrogen) atoms. The Morgan fingerprint density at radius 3 is 2.86 bits per heavy atom. The lowest BCUT2D eigenvalue weighted by molar-refractivity contribution is -0.0447. The smallest absolute Gasteiger partial charge is 0.256 e. The molecular formula is C16H19FN2O2. The summed E-state index contributed by atoms with van der Waals surface area (Å²) in [5.74, 6) is 0.0166. The molecule has 1 fully saturated rings. The average Bonchev–Trinajstić information content (AvgIpc) is 3.33. The van der Waals surface area contributed by atoms with Gasteiger partial charge in [0.2, 0.25) is 0 Å².